The second-order valence-electron chi connectivity index (χ2n) is 7.71. The van der Waals surface area contributed by atoms with Gasteiger partial charge in [0, 0.05) is 24.0 Å². The first kappa shape index (κ1) is 21.6. The predicted octanol–water partition coefficient (Wildman–Crippen LogP) is 5.51. The molecule has 1 aliphatic rings. The quantitative estimate of drug-likeness (QED) is 0.594. The molecule has 1 amide bonds. The zero-order valence-electron chi connectivity index (χ0n) is 17.9. The van der Waals surface area contributed by atoms with Gasteiger partial charge in [0.25, 0.3) is 0 Å². The van der Waals surface area contributed by atoms with Crippen LogP contribution in [0, 0.1) is 13.8 Å². The molecule has 158 valence electrons. The summed E-state index contributed by atoms with van der Waals surface area (Å²) in [6.45, 7) is 6.93. The van der Waals surface area contributed by atoms with Crippen molar-refractivity contribution in [3.8, 4) is 16.5 Å². The molecule has 0 radical (unpaired) electrons. The lowest BCUT2D eigenvalue weighted by Crippen LogP contribution is -2.27. The van der Waals surface area contributed by atoms with Gasteiger partial charge in [-0.3, -0.25) is 0 Å². The van der Waals surface area contributed by atoms with Crippen LogP contribution in [-0.4, -0.2) is 40.7 Å². The molecule has 6 nitrogen and oxygen atoms in total. The molecular formula is C22H31N3O3S. The third-order valence-electron chi connectivity index (χ3n) is 5.14. The van der Waals surface area contributed by atoms with Crippen molar-refractivity contribution < 1.29 is 14.3 Å². The average molecular weight is 418 g/mol. The standard InChI is InChI=1S/C22H31N3O3S/c1-5-11-25(4)22(26)27-14-17-12-15(2)29-20(17)21-23-13-19(16(3)24-21)28-18-9-7-6-8-10-18/h12-13,18H,5-11,14H2,1-4H3. The number of hydrogen-bond donors (Lipinski definition) is 0. The fourth-order valence-corrected chi connectivity index (χ4v) is 4.55. The number of nitrogens with zero attached hydrogens (tertiary/aromatic N) is 3. The van der Waals surface area contributed by atoms with Crippen LogP contribution in [-0.2, 0) is 11.3 Å². The Bertz CT molecular complexity index is 831. The maximum atomic E-state index is 12.1. The largest absolute Gasteiger partial charge is 0.487 e. The second-order valence-corrected chi connectivity index (χ2v) is 8.97. The molecular weight excluding hydrogens is 386 g/mol. The van der Waals surface area contributed by atoms with E-state index in [0.717, 1.165) is 46.0 Å². The van der Waals surface area contributed by atoms with E-state index in [-0.39, 0.29) is 18.8 Å². The highest BCUT2D eigenvalue weighted by Gasteiger charge is 2.19. The van der Waals surface area contributed by atoms with E-state index >= 15 is 0 Å². The molecule has 7 heteroatoms. The first-order chi connectivity index (χ1) is 14.0. The van der Waals surface area contributed by atoms with Gasteiger partial charge < -0.3 is 14.4 Å². The number of rotatable bonds is 7. The minimum atomic E-state index is -0.310. The highest BCUT2D eigenvalue weighted by Crippen LogP contribution is 2.33. The van der Waals surface area contributed by atoms with Crippen LogP contribution in [0.15, 0.2) is 12.3 Å². The number of thiophene rings is 1. The Hall–Kier alpha value is -2.15. The van der Waals surface area contributed by atoms with Crippen LogP contribution < -0.4 is 4.74 Å². The summed E-state index contributed by atoms with van der Waals surface area (Å²) in [4.78, 5) is 25.0. The van der Waals surface area contributed by atoms with Crippen LogP contribution in [0.4, 0.5) is 4.79 Å². The van der Waals surface area contributed by atoms with Crippen LogP contribution in [0.2, 0.25) is 0 Å². The van der Waals surface area contributed by atoms with E-state index in [9.17, 15) is 4.79 Å². The van der Waals surface area contributed by atoms with Crippen LogP contribution in [0.3, 0.4) is 0 Å². The third kappa shape index (κ3) is 5.69. The Kier molecular flexibility index (Phi) is 7.47. The number of aromatic nitrogens is 2. The first-order valence-electron chi connectivity index (χ1n) is 10.5. The van der Waals surface area contributed by atoms with E-state index in [4.69, 9.17) is 14.5 Å². The third-order valence-corrected chi connectivity index (χ3v) is 6.23. The van der Waals surface area contributed by atoms with Crippen LogP contribution >= 0.6 is 11.3 Å². The second kappa shape index (κ2) is 10.1. The first-order valence-corrected chi connectivity index (χ1v) is 11.3. The number of carbonyl (C=O) groups is 1. The Morgan fingerprint density at radius 2 is 2.03 bits per heavy atom. The topological polar surface area (TPSA) is 64.6 Å². The average Bonchev–Trinajstić information content (AvgIpc) is 3.09. The summed E-state index contributed by atoms with van der Waals surface area (Å²) in [5.74, 6) is 1.42. The minimum Gasteiger partial charge on any atom is -0.487 e. The van der Waals surface area contributed by atoms with Gasteiger partial charge in [0.1, 0.15) is 6.61 Å². The monoisotopic (exact) mass is 417 g/mol. The number of hydrogen-bond acceptors (Lipinski definition) is 6. The highest BCUT2D eigenvalue weighted by molar-refractivity contribution is 7.15. The summed E-state index contributed by atoms with van der Waals surface area (Å²) >= 11 is 1.62. The van der Waals surface area contributed by atoms with Gasteiger partial charge in [-0.25, -0.2) is 14.8 Å². The van der Waals surface area contributed by atoms with Crippen LogP contribution in [0.25, 0.3) is 10.7 Å². The minimum absolute atomic E-state index is 0.218. The van der Waals surface area contributed by atoms with E-state index in [0.29, 0.717) is 12.4 Å². The Balaban J connectivity index is 1.71. The van der Waals surface area contributed by atoms with Crippen molar-refractivity contribution in [2.24, 2.45) is 0 Å². The molecule has 0 atom stereocenters. The molecule has 2 aromatic rings. The zero-order valence-corrected chi connectivity index (χ0v) is 18.7. The molecule has 0 bridgehead atoms. The van der Waals surface area contributed by atoms with Crippen molar-refractivity contribution in [1.29, 1.82) is 0 Å². The van der Waals surface area contributed by atoms with E-state index in [2.05, 4.69) is 4.98 Å². The normalized spacial score (nSPS) is 14.6. The zero-order chi connectivity index (χ0) is 20.8. The van der Waals surface area contributed by atoms with Crippen molar-refractivity contribution in [2.75, 3.05) is 13.6 Å². The number of aryl methyl sites for hydroxylation is 2. The number of amides is 1. The van der Waals surface area contributed by atoms with Gasteiger partial charge >= 0.3 is 6.09 Å². The van der Waals surface area contributed by atoms with Gasteiger partial charge in [-0.1, -0.05) is 13.3 Å². The van der Waals surface area contributed by atoms with Gasteiger partial charge in [0.05, 0.1) is 22.9 Å². The SMILES string of the molecule is CCCN(C)C(=O)OCc1cc(C)sc1-c1ncc(OC2CCCCC2)c(C)n1. The Morgan fingerprint density at radius 1 is 1.28 bits per heavy atom. The van der Waals surface area contributed by atoms with Gasteiger partial charge in [-0.15, -0.1) is 11.3 Å². The molecule has 2 heterocycles. The molecule has 2 aromatic heterocycles. The molecule has 0 aromatic carbocycles. The summed E-state index contributed by atoms with van der Waals surface area (Å²) in [6.07, 6.45) is 8.61. The molecule has 1 aliphatic carbocycles. The van der Waals surface area contributed by atoms with Crippen LogP contribution in [0.1, 0.15) is 61.6 Å². The van der Waals surface area contributed by atoms with E-state index < -0.39 is 0 Å². The lowest BCUT2D eigenvalue weighted by atomic mass is 9.98. The summed E-state index contributed by atoms with van der Waals surface area (Å²) in [6, 6.07) is 2.04. The van der Waals surface area contributed by atoms with E-state index in [1.807, 2.05) is 26.8 Å². The fraction of sp³-hybridized carbons (Fsp3) is 0.591. The van der Waals surface area contributed by atoms with Crippen molar-refractivity contribution in [2.45, 2.75) is 72.0 Å². The Morgan fingerprint density at radius 3 is 2.72 bits per heavy atom. The molecule has 29 heavy (non-hydrogen) atoms. The number of carbonyl (C=O) groups excluding carboxylic acids is 1. The molecule has 0 spiro atoms. The summed E-state index contributed by atoms with van der Waals surface area (Å²) in [7, 11) is 1.75. The molecule has 0 aliphatic heterocycles. The van der Waals surface area contributed by atoms with E-state index in [1.165, 1.54) is 19.3 Å². The molecule has 0 N–H and O–H groups in total. The fourth-order valence-electron chi connectivity index (χ4n) is 3.58. The molecule has 0 saturated heterocycles. The van der Waals surface area contributed by atoms with Crippen molar-refractivity contribution in [3.63, 3.8) is 0 Å². The molecule has 0 unspecified atom stereocenters. The molecule has 1 fully saturated rings. The number of ether oxygens (including phenoxy) is 2. The van der Waals surface area contributed by atoms with Gasteiger partial charge in [-0.05, 0) is 52.0 Å². The van der Waals surface area contributed by atoms with Crippen molar-refractivity contribution in [1.82, 2.24) is 14.9 Å². The van der Waals surface area contributed by atoms with Crippen LogP contribution in [0.5, 0.6) is 5.75 Å². The Labute approximate surface area is 177 Å². The van der Waals surface area contributed by atoms with Gasteiger partial charge in [-0.2, -0.15) is 0 Å². The van der Waals surface area contributed by atoms with Crippen molar-refractivity contribution in [3.05, 3.63) is 28.4 Å². The maximum Gasteiger partial charge on any atom is 0.409 e. The molecule has 3 rings (SSSR count). The predicted molar refractivity (Wildman–Crippen MR) is 115 cm³/mol. The molecule has 1 saturated carbocycles. The van der Waals surface area contributed by atoms with Gasteiger partial charge in [0.15, 0.2) is 11.6 Å². The lowest BCUT2D eigenvalue weighted by Gasteiger charge is -2.23. The van der Waals surface area contributed by atoms with E-state index in [1.54, 1.807) is 29.5 Å². The van der Waals surface area contributed by atoms with Crippen molar-refractivity contribution >= 4 is 17.4 Å². The highest BCUT2D eigenvalue weighted by atomic mass is 32.1. The smallest absolute Gasteiger partial charge is 0.409 e. The summed E-state index contributed by atoms with van der Waals surface area (Å²) < 4.78 is 11.6. The lowest BCUT2D eigenvalue weighted by molar-refractivity contribution is 0.105. The maximum absolute atomic E-state index is 12.1. The van der Waals surface area contributed by atoms with Gasteiger partial charge in [0.2, 0.25) is 0 Å². The summed E-state index contributed by atoms with van der Waals surface area (Å²) in [5.41, 5.74) is 1.78. The summed E-state index contributed by atoms with van der Waals surface area (Å²) in [5, 5.41) is 0.